The van der Waals surface area contributed by atoms with E-state index in [2.05, 4.69) is 14.9 Å². The number of rotatable bonds is 2. The van der Waals surface area contributed by atoms with Crippen LogP contribution < -0.4 is 5.73 Å². The number of hydrogen-bond donors (Lipinski definition) is 1. The molecule has 0 aliphatic rings. The first-order valence-electron chi connectivity index (χ1n) is 4.03. The summed E-state index contributed by atoms with van der Waals surface area (Å²) in [6.45, 7) is 0. The molecular weight excluding hydrogens is 198 g/mol. The van der Waals surface area contributed by atoms with Gasteiger partial charge in [0.1, 0.15) is 0 Å². The Morgan fingerprint density at radius 1 is 1.21 bits per heavy atom. The highest BCUT2D eigenvalue weighted by molar-refractivity contribution is 7.98. The number of nitrogens with two attached hydrogens (primary N) is 1. The first kappa shape index (κ1) is 9.08. The Morgan fingerprint density at radius 3 is 2.43 bits per heavy atom. The first-order valence-corrected chi connectivity index (χ1v) is 5.26. The zero-order valence-corrected chi connectivity index (χ0v) is 8.41. The number of anilines is 1. The SMILES string of the molecule is CSc1ccc(-c2nonc2N)cc1. The van der Waals surface area contributed by atoms with Crippen LogP contribution in [0.5, 0.6) is 0 Å². The Balaban J connectivity index is 2.39. The molecule has 72 valence electrons. The Hall–Kier alpha value is -1.49. The molecule has 0 saturated carbocycles. The summed E-state index contributed by atoms with van der Waals surface area (Å²) in [6.07, 6.45) is 2.03. The van der Waals surface area contributed by atoms with E-state index >= 15 is 0 Å². The summed E-state index contributed by atoms with van der Waals surface area (Å²) >= 11 is 1.69. The van der Waals surface area contributed by atoms with E-state index in [9.17, 15) is 0 Å². The van der Waals surface area contributed by atoms with Gasteiger partial charge >= 0.3 is 0 Å². The minimum atomic E-state index is 0.321. The van der Waals surface area contributed by atoms with Gasteiger partial charge in [0.15, 0.2) is 11.5 Å². The second-order valence-electron chi connectivity index (χ2n) is 2.73. The van der Waals surface area contributed by atoms with E-state index in [0.29, 0.717) is 11.5 Å². The maximum atomic E-state index is 5.57. The van der Waals surface area contributed by atoms with Crippen LogP contribution in [-0.2, 0) is 0 Å². The summed E-state index contributed by atoms with van der Waals surface area (Å²) in [4.78, 5) is 1.20. The zero-order chi connectivity index (χ0) is 9.97. The van der Waals surface area contributed by atoms with Crippen molar-refractivity contribution in [1.82, 2.24) is 10.3 Å². The lowest BCUT2D eigenvalue weighted by Gasteiger charge is -1.98. The fraction of sp³-hybridized carbons (Fsp3) is 0.111. The third-order valence-corrected chi connectivity index (χ3v) is 2.62. The molecule has 1 aromatic carbocycles. The Morgan fingerprint density at radius 2 is 1.93 bits per heavy atom. The molecule has 0 fully saturated rings. The molecule has 0 unspecified atom stereocenters. The topological polar surface area (TPSA) is 64.9 Å². The summed E-state index contributed by atoms with van der Waals surface area (Å²) in [5.74, 6) is 0.321. The highest BCUT2D eigenvalue weighted by Gasteiger charge is 2.07. The summed E-state index contributed by atoms with van der Waals surface area (Å²) in [5, 5.41) is 7.25. The van der Waals surface area contributed by atoms with Crippen molar-refractivity contribution in [3.63, 3.8) is 0 Å². The number of aromatic nitrogens is 2. The normalized spacial score (nSPS) is 10.4. The second-order valence-corrected chi connectivity index (χ2v) is 3.61. The molecule has 0 aliphatic carbocycles. The van der Waals surface area contributed by atoms with Gasteiger partial charge in [-0.3, -0.25) is 0 Å². The van der Waals surface area contributed by atoms with E-state index in [-0.39, 0.29) is 0 Å². The zero-order valence-electron chi connectivity index (χ0n) is 7.60. The maximum absolute atomic E-state index is 5.57. The van der Waals surface area contributed by atoms with Crippen molar-refractivity contribution < 1.29 is 4.63 Å². The van der Waals surface area contributed by atoms with Crippen LogP contribution in [-0.4, -0.2) is 16.6 Å². The highest BCUT2D eigenvalue weighted by atomic mass is 32.2. The summed E-state index contributed by atoms with van der Waals surface area (Å²) in [7, 11) is 0. The van der Waals surface area contributed by atoms with E-state index in [1.54, 1.807) is 11.8 Å². The standard InChI is InChI=1S/C9H9N3OS/c1-14-7-4-2-6(3-5-7)8-9(10)12-13-11-8/h2-5H,1H3,(H2,10,12). The van der Waals surface area contributed by atoms with Crippen molar-refractivity contribution in [2.75, 3.05) is 12.0 Å². The summed E-state index contributed by atoms with van der Waals surface area (Å²) < 4.78 is 4.53. The lowest BCUT2D eigenvalue weighted by molar-refractivity contribution is 0.310. The average Bonchev–Trinajstić information content (AvgIpc) is 2.65. The lowest BCUT2D eigenvalue weighted by Crippen LogP contribution is -1.88. The quantitative estimate of drug-likeness (QED) is 0.763. The molecule has 2 aromatic rings. The Labute approximate surface area is 85.5 Å². The third-order valence-electron chi connectivity index (χ3n) is 1.88. The predicted molar refractivity (Wildman–Crippen MR) is 55.9 cm³/mol. The Bertz CT molecular complexity index is 424. The molecular formula is C9H9N3OS. The molecule has 1 aromatic heterocycles. The van der Waals surface area contributed by atoms with Crippen LogP contribution in [0.1, 0.15) is 0 Å². The first-order chi connectivity index (χ1) is 6.81. The third kappa shape index (κ3) is 1.58. The van der Waals surface area contributed by atoms with Crippen molar-refractivity contribution in [2.24, 2.45) is 0 Å². The van der Waals surface area contributed by atoms with Crippen LogP contribution in [0.4, 0.5) is 5.82 Å². The van der Waals surface area contributed by atoms with Gasteiger partial charge in [0, 0.05) is 10.5 Å². The molecule has 0 saturated heterocycles. The lowest BCUT2D eigenvalue weighted by atomic mass is 10.1. The predicted octanol–water partition coefficient (Wildman–Crippen LogP) is 2.04. The number of hydrogen-bond acceptors (Lipinski definition) is 5. The smallest absolute Gasteiger partial charge is 0.196 e. The maximum Gasteiger partial charge on any atom is 0.196 e. The number of benzene rings is 1. The van der Waals surface area contributed by atoms with Crippen LogP contribution in [0.25, 0.3) is 11.3 Å². The van der Waals surface area contributed by atoms with E-state index in [1.807, 2.05) is 30.5 Å². The summed E-state index contributed by atoms with van der Waals surface area (Å²) in [5.41, 5.74) is 7.08. The van der Waals surface area contributed by atoms with E-state index in [0.717, 1.165) is 5.56 Å². The molecule has 0 bridgehead atoms. The largest absolute Gasteiger partial charge is 0.379 e. The molecule has 14 heavy (non-hydrogen) atoms. The van der Waals surface area contributed by atoms with Crippen LogP contribution >= 0.6 is 11.8 Å². The van der Waals surface area contributed by atoms with Crippen molar-refractivity contribution in [2.45, 2.75) is 4.90 Å². The van der Waals surface area contributed by atoms with Crippen molar-refractivity contribution >= 4 is 17.6 Å². The Kier molecular flexibility index (Phi) is 2.41. The molecule has 2 N–H and O–H groups in total. The van der Waals surface area contributed by atoms with Crippen molar-refractivity contribution in [1.29, 1.82) is 0 Å². The van der Waals surface area contributed by atoms with Crippen LogP contribution in [0, 0.1) is 0 Å². The number of nitrogen functional groups attached to an aromatic ring is 1. The van der Waals surface area contributed by atoms with Crippen molar-refractivity contribution in [3.8, 4) is 11.3 Å². The minimum Gasteiger partial charge on any atom is -0.379 e. The molecule has 0 spiro atoms. The molecule has 2 rings (SSSR count). The highest BCUT2D eigenvalue weighted by Crippen LogP contribution is 2.24. The van der Waals surface area contributed by atoms with Gasteiger partial charge in [0.2, 0.25) is 0 Å². The van der Waals surface area contributed by atoms with Crippen molar-refractivity contribution in [3.05, 3.63) is 24.3 Å². The van der Waals surface area contributed by atoms with Crippen LogP contribution in [0.3, 0.4) is 0 Å². The van der Waals surface area contributed by atoms with Gasteiger partial charge in [-0.1, -0.05) is 12.1 Å². The van der Waals surface area contributed by atoms with Gasteiger partial charge in [0.05, 0.1) is 0 Å². The average molecular weight is 207 g/mol. The van der Waals surface area contributed by atoms with E-state index < -0.39 is 0 Å². The van der Waals surface area contributed by atoms with E-state index in [4.69, 9.17) is 5.73 Å². The van der Waals surface area contributed by atoms with Gasteiger partial charge in [-0.05, 0) is 28.7 Å². The van der Waals surface area contributed by atoms with Gasteiger partial charge < -0.3 is 5.73 Å². The number of nitrogens with zero attached hydrogens (tertiary/aromatic N) is 2. The molecule has 1 heterocycles. The van der Waals surface area contributed by atoms with Gasteiger partial charge in [-0.15, -0.1) is 11.8 Å². The van der Waals surface area contributed by atoms with Gasteiger partial charge in [0.25, 0.3) is 0 Å². The molecule has 5 heteroatoms. The van der Waals surface area contributed by atoms with Crippen LogP contribution in [0.2, 0.25) is 0 Å². The molecule has 0 radical (unpaired) electrons. The molecule has 0 amide bonds. The monoisotopic (exact) mass is 207 g/mol. The fourth-order valence-electron chi connectivity index (χ4n) is 1.14. The minimum absolute atomic E-state index is 0.321. The van der Waals surface area contributed by atoms with Gasteiger partial charge in [-0.25, -0.2) is 4.63 Å². The second kappa shape index (κ2) is 3.71. The molecule has 4 nitrogen and oxygen atoms in total. The summed E-state index contributed by atoms with van der Waals surface area (Å²) in [6, 6.07) is 7.91. The van der Waals surface area contributed by atoms with Crippen LogP contribution in [0.15, 0.2) is 33.8 Å². The molecule has 0 aliphatic heterocycles. The number of thioether (sulfide) groups is 1. The van der Waals surface area contributed by atoms with Gasteiger partial charge in [-0.2, -0.15) is 0 Å². The molecule has 0 atom stereocenters. The van der Waals surface area contributed by atoms with E-state index in [1.165, 1.54) is 4.90 Å². The fourth-order valence-corrected chi connectivity index (χ4v) is 1.55.